The van der Waals surface area contributed by atoms with Crippen molar-refractivity contribution in [2.24, 2.45) is 5.92 Å². The minimum atomic E-state index is -0.154. The quantitative estimate of drug-likeness (QED) is 0.589. The normalized spacial score (nSPS) is 24.1. The first-order chi connectivity index (χ1) is 13.1. The van der Waals surface area contributed by atoms with E-state index in [2.05, 4.69) is 4.90 Å². The van der Waals surface area contributed by atoms with Crippen LogP contribution >= 0.6 is 0 Å². The van der Waals surface area contributed by atoms with Crippen LogP contribution in [0.4, 0.5) is 0 Å². The number of hydrogen-bond acceptors (Lipinski definition) is 7. The lowest BCUT2D eigenvalue weighted by molar-refractivity contribution is -0.137. The number of aliphatic hydroxyl groups excluding tert-OH is 2. The molecule has 0 saturated carbocycles. The van der Waals surface area contributed by atoms with Crippen LogP contribution in [0.5, 0.6) is 11.5 Å². The van der Waals surface area contributed by atoms with Gasteiger partial charge in [0.15, 0.2) is 23.1 Å². The maximum atomic E-state index is 12.6. The Morgan fingerprint density at radius 2 is 1.74 bits per heavy atom. The minimum Gasteiger partial charge on any atom is -0.487 e. The lowest BCUT2D eigenvalue weighted by Gasteiger charge is -2.44. The summed E-state index contributed by atoms with van der Waals surface area (Å²) in [5, 5.41) is 17.9. The third-order valence-corrected chi connectivity index (χ3v) is 5.31. The van der Waals surface area contributed by atoms with Crippen LogP contribution < -0.4 is 9.47 Å². The summed E-state index contributed by atoms with van der Waals surface area (Å²) in [6, 6.07) is 4.77. The highest BCUT2D eigenvalue weighted by Gasteiger charge is 2.40. The molecule has 1 unspecified atom stereocenters. The fourth-order valence-electron chi connectivity index (χ4n) is 3.91. The van der Waals surface area contributed by atoms with Gasteiger partial charge in [0, 0.05) is 17.9 Å². The van der Waals surface area contributed by atoms with Crippen LogP contribution in [0.15, 0.2) is 18.2 Å². The summed E-state index contributed by atoms with van der Waals surface area (Å²) in [7, 11) is 0. The molecule has 4 rings (SSSR count). The molecule has 3 aliphatic heterocycles. The Morgan fingerprint density at radius 3 is 2.37 bits per heavy atom. The van der Waals surface area contributed by atoms with Gasteiger partial charge >= 0.3 is 0 Å². The van der Waals surface area contributed by atoms with E-state index in [-0.39, 0.29) is 44.2 Å². The van der Waals surface area contributed by atoms with Gasteiger partial charge in [-0.3, -0.25) is 14.5 Å². The minimum absolute atomic E-state index is 0.0481. The predicted octanol–water partition coefficient (Wildman–Crippen LogP) is 1.05. The molecule has 3 fully saturated rings. The van der Waals surface area contributed by atoms with Crippen LogP contribution in [0.2, 0.25) is 0 Å². The topological polar surface area (TPSA) is 96.3 Å². The van der Waals surface area contributed by atoms with E-state index in [1.165, 1.54) is 0 Å². The van der Waals surface area contributed by atoms with E-state index in [0.717, 1.165) is 25.9 Å². The fraction of sp³-hybridized carbons (Fsp3) is 0.600. The number of piperidine rings is 3. The number of fused-ring (bicyclic) bond motifs is 3. The Bertz CT molecular complexity index is 668. The van der Waals surface area contributed by atoms with Gasteiger partial charge in [0.05, 0.1) is 19.3 Å². The zero-order chi connectivity index (χ0) is 19.2. The molecule has 0 radical (unpaired) electrons. The van der Waals surface area contributed by atoms with Crippen molar-refractivity contribution < 1.29 is 29.3 Å². The molecule has 7 nitrogen and oxygen atoms in total. The Morgan fingerprint density at radius 1 is 1.07 bits per heavy atom. The van der Waals surface area contributed by atoms with Crippen LogP contribution in [0.3, 0.4) is 0 Å². The average molecular weight is 377 g/mol. The van der Waals surface area contributed by atoms with Gasteiger partial charge in [-0.05, 0) is 50.6 Å². The highest BCUT2D eigenvalue weighted by Crippen LogP contribution is 2.32. The first-order valence-electron chi connectivity index (χ1n) is 9.56. The SMILES string of the molecule is O=C(CCC1C(=O)C2CCN1CC2)c1ccc(OCCO)c(OCCO)c1. The van der Waals surface area contributed by atoms with Crippen molar-refractivity contribution in [1.29, 1.82) is 0 Å². The van der Waals surface area contributed by atoms with E-state index in [9.17, 15) is 9.59 Å². The molecule has 2 N–H and O–H groups in total. The molecule has 27 heavy (non-hydrogen) atoms. The molecule has 1 aromatic rings. The standard InChI is InChI=1S/C20H27NO6/c22-9-11-26-18-4-1-15(13-19(18)27-12-10-23)17(24)3-2-16-20(25)14-5-7-21(16)8-6-14/h1,4,13-14,16,22-23H,2-3,5-12H2. The van der Waals surface area contributed by atoms with E-state index in [4.69, 9.17) is 19.7 Å². The number of ether oxygens (including phenoxy) is 2. The first kappa shape index (κ1) is 19.8. The van der Waals surface area contributed by atoms with Gasteiger partial charge in [-0.15, -0.1) is 0 Å². The van der Waals surface area contributed by atoms with E-state index >= 15 is 0 Å². The third-order valence-electron chi connectivity index (χ3n) is 5.31. The summed E-state index contributed by atoms with van der Waals surface area (Å²) >= 11 is 0. The van der Waals surface area contributed by atoms with E-state index < -0.39 is 0 Å². The van der Waals surface area contributed by atoms with Crippen LogP contribution in [-0.4, -0.2) is 72.2 Å². The molecule has 3 aliphatic rings. The molecular formula is C20H27NO6. The van der Waals surface area contributed by atoms with Crippen molar-refractivity contribution in [3.63, 3.8) is 0 Å². The number of nitrogens with zero attached hydrogens (tertiary/aromatic N) is 1. The first-order valence-corrected chi connectivity index (χ1v) is 9.56. The molecule has 0 aromatic heterocycles. The van der Waals surface area contributed by atoms with Crippen LogP contribution in [0.1, 0.15) is 36.0 Å². The summed E-state index contributed by atoms with van der Waals surface area (Å²) < 4.78 is 10.9. The molecule has 1 atom stereocenters. The second-order valence-electron chi connectivity index (χ2n) is 7.00. The van der Waals surface area contributed by atoms with Gasteiger partial charge in [-0.2, -0.15) is 0 Å². The molecule has 0 spiro atoms. The Balaban J connectivity index is 1.64. The van der Waals surface area contributed by atoms with Crippen molar-refractivity contribution in [3.8, 4) is 11.5 Å². The van der Waals surface area contributed by atoms with Crippen molar-refractivity contribution in [1.82, 2.24) is 4.90 Å². The average Bonchev–Trinajstić information content (AvgIpc) is 2.71. The number of aliphatic hydroxyl groups is 2. The number of ketones is 2. The molecule has 0 aliphatic carbocycles. The molecule has 1 aromatic carbocycles. The van der Waals surface area contributed by atoms with E-state index in [0.29, 0.717) is 35.7 Å². The molecule has 3 saturated heterocycles. The maximum Gasteiger partial charge on any atom is 0.163 e. The molecule has 3 heterocycles. The Labute approximate surface area is 158 Å². The summed E-state index contributed by atoms with van der Waals surface area (Å²) in [5.74, 6) is 1.20. The highest BCUT2D eigenvalue weighted by molar-refractivity contribution is 5.97. The zero-order valence-corrected chi connectivity index (χ0v) is 15.4. The largest absolute Gasteiger partial charge is 0.487 e. The number of hydrogen-bond donors (Lipinski definition) is 2. The van der Waals surface area contributed by atoms with Gasteiger partial charge < -0.3 is 19.7 Å². The van der Waals surface area contributed by atoms with Gasteiger partial charge in [-0.25, -0.2) is 0 Å². The number of carbonyl (C=O) groups is 2. The second-order valence-corrected chi connectivity index (χ2v) is 7.00. The third kappa shape index (κ3) is 4.66. The monoisotopic (exact) mass is 377 g/mol. The van der Waals surface area contributed by atoms with Gasteiger partial charge in [0.1, 0.15) is 13.2 Å². The van der Waals surface area contributed by atoms with Crippen LogP contribution in [0, 0.1) is 5.92 Å². The Kier molecular flexibility index (Phi) is 6.82. The number of Topliss-reactive ketones (excluding diaryl/α,β-unsaturated/α-hetero) is 2. The molecule has 148 valence electrons. The molecule has 7 heteroatoms. The second kappa shape index (κ2) is 9.30. The lowest BCUT2D eigenvalue weighted by Crippen LogP contribution is -2.55. The van der Waals surface area contributed by atoms with Crippen LogP contribution in [-0.2, 0) is 4.79 Å². The van der Waals surface area contributed by atoms with Gasteiger partial charge in [0.2, 0.25) is 0 Å². The van der Waals surface area contributed by atoms with Crippen molar-refractivity contribution in [2.75, 3.05) is 39.5 Å². The van der Waals surface area contributed by atoms with Gasteiger partial charge in [-0.1, -0.05) is 0 Å². The summed E-state index contributed by atoms with van der Waals surface area (Å²) in [4.78, 5) is 27.3. The van der Waals surface area contributed by atoms with Gasteiger partial charge in [0.25, 0.3) is 0 Å². The van der Waals surface area contributed by atoms with E-state index in [1.807, 2.05) is 0 Å². The van der Waals surface area contributed by atoms with Crippen molar-refractivity contribution in [3.05, 3.63) is 23.8 Å². The number of benzene rings is 1. The Hall–Kier alpha value is -1.96. The summed E-state index contributed by atoms with van der Waals surface area (Å²) in [6.45, 7) is 1.81. The summed E-state index contributed by atoms with van der Waals surface area (Å²) in [5.41, 5.74) is 0.489. The summed E-state index contributed by atoms with van der Waals surface area (Å²) in [6.07, 6.45) is 2.74. The molecule has 2 bridgehead atoms. The fourth-order valence-corrected chi connectivity index (χ4v) is 3.91. The number of rotatable bonds is 10. The highest BCUT2D eigenvalue weighted by atomic mass is 16.5. The van der Waals surface area contributed by atoms with Crippen LogP contribution in [0.25, 0.3) is 0 Å². The lowest BCUT2D eigenvalue weighted by atomic mass is 9.80. The zero-order valence-electron chi connectivity index (χ0n) is 15.4. The van der Waals surface area contributed by atoms with E-state index in [1.54, 1.807) is 18.2 Å². The number of carbonyl (C=O) groups excluding carboxylic acids is 2. The maximum absolute atomic E-state index is 12.6. The smallest absolute Gasteiger partial charge is 0.163 e. The molecular weight excluding hydrogens is 350 g/mol. The van der Waals surface area contributed by atoms with Crippen molar-refractivity contribution >= 4 is 11.6 Å². The molecule has 0 amide bonds. The predicted molar refractivity (Wildman–Crippen MR) is 98.3 cm³/mol. The van der Waals surface area contributed by atoms with Crippen molar-refractivity contribution in [2.45, 2.75) is 31.7 Å².